The molecule has 0 radical (unpaired) electrons. The summed E-state index contributed by atoms with van der Waals surface area (Å²) in [7, 11) is 0. The summed E-state index contributed by atoms with van der Waals surface area (Å²) in [6, 6.07) is 6.05. The number of nitrogens with zero attached hydrogens (tertiary/aromatic N) is 1. The van der Waals surface area contributed by atoms with Gasteiger partial charge in [0.1, 0.15) is 11.7 Å². The second kappa shape index (κ2) is 4.89. The van der Waals surface area contributed by atoms with E-state index >= 15 is 0 Å². The lowest BCUT2D eigenvalue weighted by Crippen LogP contribution is -2.19. The predicted octanol–water partition coefficient (Wildman–Crippen LogP) is 2.69. The number of halogens is 2. The van der Waals surface area contributed by atoms with Gasteiger partial charge in [0, 0.05) is 4.47 Å². The van der Waals surface area contributed by atoms with E-state index in [1.807, 2.05) is 0 Å². The Labute approximate surface area is 95.0 Å². The van der Waals surface area contributed by atoms with Crippen LogP contribution in [0.2, 0.25) is 0 Å². The third-order valence-electron chi connectivity index (χ3n) is 1.78. The van der Waals surface area contributed by atoms with Crippen molar-refractivity contribution in [1.29, 1.82) is 5.26 Å². The minimum Gasteiger partial charge on any atom is -0.322 e. The summed E-state index contributed by atoms with van der Waals surface area (Å²) in [5.74, 6) is -1.85. The number of amides is 1. The molecule has 5 heteroatoms. The first-order chi connectivity index (χ1) is 7.04. The average molecular weight is 271 g/mol. The van der Waals surface area contributed by atoms with Crippen LogP contribution in [0.1, 0.15) is 6.92 Å². The fraction of sp³-hybridized carbons (Fsp3) is 0.200. The maximum Gasteiger partial charge on any atom is 0.241 e. The largest absolute Gasteiger partial charge is 0.322 e. The number of hydrogen-bond donors (Lipinski definition) is 1. The molecular formula is C10H8BrFN2O. The molecule has 78 valence electrons. The van der Waals surface area contributed by atoms with Gasteiger partial charge in [0.2, 0.25) is 5.91 Å². The summed E-state index contributed by atoms with van der Waals surface area (Å²) in [5, 5.41) is 10.8. The molecule has 1 unspecified atom stereocenters. The summed E-state index contributed by atoms with van der Waals surface area (Å²) in [6.07, 6.45) is 0. The predicted molar refractivity (Wildman–Crippen MR) is 57.5 cm³/mol. The van der Waals surface area contributed by atoms with E-state index in [0.717, 1.165) is 0 Å². The molecule has 1 amide bonds. The van der Waals surface area contributed by atoms with Crippen molar-refractivity contribution in [3.05, 3.63) is 28.5 Å². The van der Waals surface area contributed by atoms with Gasteiger partial charge in [-0.25, -0.2) is 4.39 Å². The van der Waals surface area contributed by atoms with Crippen LogP contribution in [0.15, 0.2) is 22.7 Å². The van der Waals surface area contributed by atoms with Crippen LogP contribution in [0.5, 0.6) is 0 Å². The Balaban J connectivity index is 2.82. The van der Waals surface area contributed by atoms with Crippen molar-refractivity contribution in [2.75, 3.05) is 5.32 Å². The van der Waals surface area contributed by atoms with E-state index in [0.29, 0.717) is 4.47 Å². The van der Waals surface area contributed by atoms with Crippen LogP contribution in [0, 0.1) is 23.1 Å². The number of nitrogens with one attached hydrogen (secondary N) is 1. The van der Waals surface area contributed by atoms with Gasteiger partial charge in [-0.3, -0.25) is 4.79 Å². The first-order valence-corrected chi connectivity index (χ1v) is 4.99. The molecule has 0 spiro atoms. The third-order valence-corrected chi connectivity index (χ3v) is 2.27. The smallest absolute Gasteiger partial charge is 0.241 e. The van der Waals surface area contributed by atoms with Crippen molar-refractivity contribution >= 4 is 27.5 Å². The van der Waals surface area contributed by atoms with Gasteiger partial charge >= 0.3 is 0 Å². The number of hydrogen-bond acceptors (Lipinski definition) is 2. The number of carbonyl (C=O) groups excluding carboxylic acids is 1. The molecule has 1 rings (SSSR count). The molecule has 0 saturated heterocycles. The minimum atomic E-state index is -0.798. The van der Waals surface area contributed by atoms with E-state index in [9.17, 15) is 9.18 Å². The highest BCUT2D eigenvalue weighted by molar-refractivity contribution is 9.10. The maximum atomic E-state index is 13.3. The number of nitriles is 1. The number of benzene rings is 1. The summed E-state index contributed by atoms with van der Waals surface area (Å²) >= 11 is 3.10. The van der Waals surface area contributed by atoms with Crippen molar-refractivity contribution < 1.29 is 9.18 Å². The number of anilines is 1. The van der Waals surface area contributed by atoms with Crippen LogP contribution in [0.3, 0.4) is 0 Å². The second-order valence-electron chi connectivity index (χ2n) is 2.96. The lowest BCUT2D eigenvalue weighted by atomic mass is 10.2. The summed E-state index contributed by atoms with van der Waals surface area (Å²) < 4.78 is 13.8. The molecule has 1 aromatic carbocycles. The van der Waals surface area contributed by atoms with Crippen LogP contribution >= 0.6 is 15.9 Å². The van der Waals surface area contributed by atoms with Crippen molar-refractivity contribution in [3.63, 3.8) is 0 Å². The van der Waals surface area contributed by atoms with Crippen LogP contribution in [-0.2, 0) is 4.79 Å². The molecule has 0 saturated carbocycles. The molecule has 0 fully saturated rings. The SMILES string of the molecule is CC(C#N)C(=O)Nc1ccc(Br)cc1F. The Morgan fingerprint density at radius 3 is 2.87 bits per heavy atom. The van der Waals surface area contributed by atoms with Crippen LogP contribution < -0.4 is 5.32 Å². The summed E-state index contributed by atoms with van der Waals surface area (Å²) in [6.45, 7) is 1.45. The normalized spacial score (nSPS) is 11.6. The molecule has 0 heterocycles. The van der Waals surface area contributed by atoms with E-state index in [1.54, 1.807) is 12.1 Å². The van der Waals surface area contributed by atoms with Gasteiger partial charge in [-0.1, -0.05) is 15.9 Å². The molecule has 3 nitrogen and oxygen atoms in total. The lowest BCUT2D eigenvalue weighted by molar-refractivity contribution is -0.117. The quantitative estimate of drug-likeness (QED) is 0.899. The molecule has 0 aromatic heterocycles. The van der Waals surface area contributed by atoms with Gasteiger partial charge in [-0.15, -0.1) is 0 Å². The first kappa shape index (κ1) is 11.7. The van der Waals surface area contributed by atoms with Crippen molar-refractivity contribution in [2.45, 2.75) is 6.92 Å². The molecule has 1 atom stereocenters. The van der Waals surface area contributed by atoms with Crippen molar-refractivity contribution in [2.24, 2.45) is 5.92 Å². The molecule has 0 aliphatic rings. The standard InChI is InChI=1S/C10H8BrFN2O/c1-6(5-13)10(15)14-9-3-2-7(11)4-8(9)12/h2-4,6H,1H3,(H,14,15). The van der Waals surface area contributed by atoms with Gasteiger partial charge in [-0.2, -0.15) is 5.26 Å². The fourth-order valence-corrected chi connectivity index (χ4v) is 1.22. The van der Waals surface area contributed by atoms with E-state index in [-0.39, 0.29) is 5.69 Å². The molecule has 0 aliphatic carbocycles. The van der Waals surface area contributed by atoms with Gasteiger partial charge < -0.3 is 5.32 Å². The Hall–Kier alpha value is -1.41. The Kier molecular flexibility index (Phi) is 3.81. The summed E-state index contributed by atoms with van der Waals surface area (Å²) in [4.78, 5) is 11.3. The fourth-order valence-electron chi connectivity index (χ4n) is 0.890. The molecule has 0 bridgehead atoms. The minimum absolute atomic E-state index is 0.0744. The lowest BCUT2D eigenvalue weighted by Gasteiger charge is -2.07. The molecule has 15 heavy (non-hydrogen) atoms. The Morgan fingerprint density at radius 2 is 2.33 bits per heavy atom. The van der Waals surface area contributed by atoms with E-state index < -0.39 is 17.6 Å². The molecular weight excluding hydrogens is 263 g/mol. The van der Waals surface area contributed by atoms with Gasteiger partial charge in [0.05, 0.1) is 11.8 Å². The zero-order valence-electron chi connectivity index (χ0n) is 7.92. The number of rotatable bonds is 2. The van der Waals surface area contributed by atoms with Gasteiger partial charge in [0.25, 0.3) is 0 Å². The second-order valence-corrected chi connectivity index (χ2v) is 3.88. The van der Waals surface area contributed by atoms with E-state index in [2.05, 4.69) is 21.2 Å². The topological polar surface area (TPSA) is 52.9 Å². The van der Waals surface area contributed by atoms with E-state index in [4.69, 9.17) is 5.26 Å². The molecule has 0 aliphatic heterocycles. The van der Waals surface area contributed by atoms with Crippen LogP contribution in [0.25, 0.3) is 0 Å². The van der Waals surface area contributed by atoms with Crippen molar-refractivity contribution in [1.82, 2.24) is 0 Å². The Morgan fingerprint density at radius 1 is 1.67 bits per heavy atom. The van der Waals surface area contributed by atoms with Crippen LogP contribution in [0.4, 0.5) is 10.1 Å². The molecule has 1 aromatic rings. The van der Waals surface area contributed by atoms with Crippen LogP contribution in [-0.4, -0.2) is 5.91 Å². The highest BCUT2D eigenvalue weighted by atomic mass is 79.9. The van der Waals surface area contributed by atoms with Crippen molar-refractivity contribution in [3.8, 4) is 6.07 Å². The van der Waals surface area contributed by atoms with Gasteiger partial charge in [0.15, 0.2) is 0 Å². The summed E-state index contributed by atoms with van der Waals surface area (Å²) in [5.41, 5.74) is 0.0744. The van der Waals surface area contributed by atoms with E-state index in [1.165, 1.54) is 19.1 Å². The number of carbonyl (C=O) groups is 1. The third kappa shape index (κ3) is 3.03. The first-order valence-electron chi connectivity index (χ1n) is 4.20. The zero-order chi connectivity index (χ0) is 11.4. The highest BCUT2D eigenvalue weighted by Gasteiger charge is 2.13. The molecule has 1 N–H and O–H groups in total. The maximum absolute atomic E-state index is 13.3. The monoisotopic (exact) mass is 270 g/mol. The van der Waals surface area contributed by atoms with Gasteiger partial charge in [-0.05, 0) is 25.1 Å². The Bertz CT molecular complexity index is 428. The average Bonchev–Trinajstić information content (AvgIpc) is 2.20. The zero-order valence-corrected chi connectivity index (χ0v) is 9.51. The highest BCUT2D eigenvalue weighted by Crippen LogP contribution is 2.19.